The summed E-state index contributed by atoms with van der Waals surface area (Å²) in [6.45, 7) is 5.32. The Balaban J connectivity index is 2.13. The van der Waals surface area contributed by atoms with Crippen molar-refractivity contribution in [2.75, 3.05) is 6.61 Å². The second-order valence-corrected chi connectivity index (χ2v) is 8.47. The van der Waals surface area contributed by atoms with E-state index in [9.17, 15) is 14.4 Å². The van der Waals surface area contributed by atoms with Gasteiger partial charge in [0.2, 0.25) is 5.91 Å². The molecule has 0 aromatic heterocycles. The third kappa shape index (κ3) is 8.28. The number of hydrogen-bond donors (Lipinski definition) is 1. The zero-order valence-corrected chi connectivity index (χ0v) is 17.8. The van der Waals surface area contributed by atoms with Crippen molar-refractivity contribution in [3.8, 4) is 0 Å². The first-order valence-corrected chi connectivity index (χ1v) is 10.1. The number of carbonyl (C=O) groups is 3. The predicted octanol–water partition coefficient (Wildman–Crippen LogP) is 4.13. The molecule has 0 aliphatic carbocycles. The average molecular weight is 422 g/mol. The van der Waals surface area contributed by atoms with Gasteiger partial charge in [-0.1, -0.05) is 35.9 Å². The summed E-state index contributed by atoms with van der Waals surface area (Å²) in [6, 6.07) is 6.51. The second kappa shape index (κ2) is 10.4. The van der Waals surface area contributed by atoms with Gasteiger partial charge < -0.3 is 14.8 Å². The van der Waals surface area contributed by atoms with Crippen molar-refractivity contribution in [1.82, 2.24) is 5.32 Å². The fourth-order valence-electron chi connectivity index (χ4n) is 2.91. The van der Waals surface area contributed by atoms with E-state index >= 15 is 0 Å². The first kappa shape index (κ1) is 22.9. The Morgan fingerprint density at radius 1 is 1.21 bits per heavy atom. The van der Waals surface area contributed by atoms with Crippen molar-refractivity contribution < 1.29 is 23.9 Å². The Morgan fingerprint density at radius 2 is 1.90 bits per heavy atom. The van der Waals surface area contributed by atoms with Gasteiger partial charge in [-0.05, 0) is 51.3 Å². The monoisotopic (exact) mass is 421 g/mol. The molecule has 29 heavy (non-hydrogen) atoms. The molecule has 2 rings (SSSR count). The molecule has 0 saturated heterocycles. The molecule has 0 unspecified atom stereocenters. The van der Waals surface area contributed by atoms with E-state index in [1.54, 1.807) is 45.0 Å². The van der Waals surface area contributed by atoms with Crippen molar-refractivity contribution in [2.24, 2.45) is 5.92 Å². The van der Waals surface area contributed by atoms with Crippen LogP contribution in [0.3, 0.4) is 0 Å². The van der Waals surface area contributed by atoms with Crippen molar-refractivity contribution >= 4 is 29.4 Å². The van der Waals surface area contributed by atoms with Crippen LogP contribution in [0.25, 0.3) is 0 Å². The van der Waals surface area contributed by atoms with Gasteiger partial charge in [0.05, 0.1) is 18.4 Å². The van der Waals surface area contributed by atoms with Crippen LogP contribution >= 0.6 is 11.6 Å². The van der Waals surface area contributed by atoms with Crippen LogP contribution in [-0.4, -0.2) is 30.1 Å². The minimum atomic E-state index is -0.637. The van der Waals surface area contributed by atoms with E-state index in [0.717, 1.165) is 5.56 Å². The van der Waals surface area contributed by atoms with Crippen LogP contribution < -0.4 is 5.32 Å². The highest BCUT2D eigenvalue weighted by Gasteiger charge is 2.27. The quantitative estimate of drug-likeness (QED) is 0.586. The van der Waals surface area contributed by atoms with Gasteiger partial charge in [0.25, 0.3) is 0 Å². The van der Waals surface area contributed by atoms with E-state index in [1.165, 1.54) is 0 Å². The van der Waals surface area contributed by atoms with Gasteiger partial charge in [0.1, 0.15) is 12.2 Å². The zero-order chi connectivity index (χ0) is 21.4. The maximum Gasteiger partial charge on any atom is 0.309 e. The fourth-order valence-corrected chi connectivity index (χ4v) is 3.03. The summed E-state index contributed by atoms with van der Waals surface area (Å²) in [6.07, 6.45) is 4.82. The number of allylic oxidation sites excluding steroid dienone is 2. The molecular formula is C22H28ClNO5. The molecule has 0 saturated carbocycles. The van der Waals surface area contributed by atoms with Crippen molar-refractivity contribution in [2.45, 2.75) is 58.1 Å². The first-order valence-electron chi connectivity index (χ1n) is 9.72. The lowest BCUT2D eigenvalue weighted by molar-refractivity contribution is -0.161. The van der Waals surface area contributed by atoms with E-state index in [-0.39, 0.29) is 18.9 Å². The Bertz CT molecular complexity index is 751. The summed E-state index contributed by atoms with van der Waals surface area (Å²) in [5.41, 5.74) is 0.165. The SMILES string of the molecule is CC(C)(C)OC(=O)C[C@@H]1C/C=C\CCC(=O)N[C@H](c2ccc(Cl)cc2)COC1=O. The summed E-state index contributed by atoms with van der Waals surface area (Å²) in [7, 11) is 0. The topological polar surface area (TPSA) is 81.7 Å². The molecule has 1 heterocycles. The number of benzene rings is 1. The summed E-state index contributed by atoms with van der Waals surface area (Å²) >= 11 is 5.94. The summed E-state index contributed by atoms with van der Waals surface area (Å²) in [5.74, 6) is -1.70. The number of rotatable bonds is 3. The van der Waals surface area contributed by atoms with Crippen LogP contribution in [-0.2, 0) is 23.9 Å². The predicted molar refractivity (Wildman–Crippen MR) is 110 cm³/mol. The average Bonchev–Trinajstić information content (AvgIpc) is 2.62. The van der Waals surface area contributed by atoms with Crippen LogP contribution in [0.1, 0.15) is 58.1 Å². The largest absolute Gasteiger partial charge is 0.463 e. The highest BCUT2D eigenvalue weighted by atomic mass is 35.5. The van der Waals surface area contributed by atoms with Crippen LogP contribution in [0.5, 0.6) is 0 Å². The zero-order valence-electron chi connectivity index (χ0n) is 17.1. The minimum absolute atomic E-state index is 0.0270. The molecule has 1 aromatic rings. The number of ether oxygens (including phenoxy) is 2. The van der Waals surface area contributed by atoms with Gasteiger partial charge in [-0.25, -0.2) is 0 Å². The molecule has 1 aliphatic heterocycles. The van der Waals surface area contributed by atoms with Crippen LogP contribution in [0.15, 0.2) is 36.4 Å². The Morgan fingerprint density at radius 3 is 2.55 bits per heavy atom. The smallest absolute Gasteiger partial charge is 0.309 e. The number of cyclic esters (lactones) is 1. The maximum absolute atomic E-state index is 12.6. The van der Waals surface area contributed by atoms with Crippen molar-refractivity contribution in [3.63, 3.8) is 0 Å². The van der Waals surface area contributed by atoms with Gasteiger partial charge in [-0.3, -0.25) is 14.4 Å². The minimum Gasteiger partial charge on any atom is -0.463 e. The van der Waals surface area contributed by atoms with Crippen molar-refractivity contribution in [1.29, 1.82) is 0 Å². The molecule has 1 N–H and O–H groups in total. The Labute approximate surface area is 176 Å². The summed E-state index contributed by atoms with van der Waals surface area (Å²) in [5, 5.41) is 3.47. The molecule has 158 valence electrons. The van der Waals surface area contributed by atoms with Gasteiger partial charge in [0.15, 0.2) is 0 Å². The molecule has 1 aromatic carbocycles. The van der Waals surface area contributed by atoms with Crippen LogP contribution in [0, 0.1) is 5.92 Å². The lowest BCUT2D eigenvalue weighted by Crippen LogP contribution is -2.34. The van der Waals surface area contributed by atoms with Gasteiger partial charge in [-0.2, -0.15) is 0 Å². The fraction of sp³-hybridized carbons (Fsp3) is 0.500. The third-order valence-corrected chi connectivity index (χ3v) is 4.54. The molecule has 0 spiro atoms. The summed E-state index contributed by atoms with van der Waals surface area (Å²) in [4.78, 5) is 37.0. The molecule has 0 fully saturated rings. The lowest BCUT2D eigenvalue weighted by atomic mass is 10.00. The molecule has 6 nitrogen and oxygen atoms in total. The van der Waals surface area contributed by atoms with E-state index in [2.05, 4.69) is 5.32 Å². The van der Waals surface area contributed by atoms with Gasteiger partial charge >= 0.3 is 11.9 Å². The highest BCUT2D eigenvalue weighted by Crippen LogP contribution is 2.21. The molecule has 0 bridgehead atoms. The first-order chi connectivity index (χ1) is 13.6. The molecule has 2 atom stereocenters. The Kier molecular flexibility index (Phi) is 8.26. The van der Waals surface area contributed by atoms with E-state index < -0.39 is 29.5 Å². The standard InChI is InChI=1S/C22H28ClNO5/c1-22(2,3)29-20(26)13-16-7-5-4-6-8-19(25)24-18(14-28-21(16)27)15-9-11-17(23)12-10-15/h4-5,9-12,16,18H,6-8,13-14H2,1-3H3,(H,24,25)/b5-4-/t16-,18-/m0/s1. The molecule has 1 amide bonds. The number of carbonyl (C=O) groups excluding carboxylic acids is 3. The van der Waals surface area contributed by atoms with E-state index in [1.807, 2.05) is 12.2 Å². The number of hydrogen-bond acceptors (Lipinski definition) is 5. The maximum atomic E-state index is 12.6. The second-order valence-electron chi connectivity index (χ2n) is 8.03. The van der Waals surface area contributed by atoms with Gasteiger partial charge in [0, 0.05) is 11.4 Å². The van der Waals surface area contributed by atoms with E-state index in [4.69, 9.17) is 21.1 Å². The number of nitrogens with one attached hydrogen (secondary N) is 1. The number of halogens is 1. The number of amides is 1. The third-order valence-electron chi connectivity index (χ3n) is 4.29. The van der Waals surface area contributed by atoms with Gasteiger partial charge in [-0.15, -0.1) is 0 Å². The summed E-state index contributed by atoms with van der Waals surface area (Å²) < 4.78 is 10.8. The highest BCUT2D eigenvalue weighted by molar-refractivity contribution is 6.30. The van der Waals surface area contributed by atoms with Crippen molar-refractivity contribution in [3.05, 3.63) is 47.0 Å². The van der Waals surface area contributed by atoms with Crippen LogP contribution in [0.2, 0.25) is 5.02 Å². The molecular weight excluding hydrogens is 394 g/mol. The lowest BCUT2D eigenvalue weighted by Gasteiger charge is -2.23. The molecule has 7 heteroatoms. The molecule has 1 aliphatic rings. The van der Waals surface area contributed by atoms with Crippen LogP contribution in [0.4, 0.5) is 0 Å². The number of esters is 2. The molecule has 0 radical (unpaired) electrons. The Hall–Kier alpha value is -2.34. The normalized spacial score (nSPS) is 22.5. The van der Waals surface area contributed by atoms with E-state index in [0.29, 0.717) is 24.3 Å².